The van der Waals surface area contributed by atoms with Gasteiger partial charge in [0.15, 0.2) is 0 Å². The fourth-order valence-corrected chi connectivity index (χ4v) is 8.42. The van der Waals surface area contributed by atoms with Gasteiger partial charge >= 0.3 is 0 Å². The number of fused-ring (bicyclic) bond motifs is 8. The summed E-state index contributed by atoms with van der Waals surface area (Å²) in [5.41, 5.74) is 13.1. The van der Waals surface area contributed by atoms with Crippen LogP contribution in [0.5, 0.6) is 0 Å². The number of para-hydroxylation sites is 3. The minimum Gasteiger partial charge on any atom is -0.455 e. The van der Waals surface area contributed by atoms with Crippen LogP contribution in [0.3, 0.4) is 0 Å². The molecule has 0 unspecified atom stereocenters. The summed E-state index contributed by atoms with van der Waals surface area (Å²) in [6, 6.07) is 53.8. The van der Waals surface area contributed by atoms with Gasteiger partial charge in [-0.3, -0.25) is 9.55 Å². The molecule has 11 rings (SSSR count). The summed E-state index contributed by atoms with van der Waals surface area (Å²) in [6.45, 7) is 6.86. The zero-order valence-corrected chi connectivity index (χ0v) is 30.8. The zero-order chi connectivity index (χ0) is 36.8. The first-order chi connectivity index (χ1) is 26.9. The van der Waals surface area contributed by atoms with E-state index < -0.39 is 0 Å². The Morgan fingerprint density at radius 2 is 1.36 bits per heavy atom. The van der Waals surface area contributed by atoms with Crippen LogP contribution in [-0.2, 0) is 5.41 Å². The number of benzene rings is 7. The minimum atomic E-state index is -0.0899. The summed E-state index contributed by atoms with van der Waals surface area (Å²) < 4.78 is 8.91. The van der Waals surface area contributed by atoms with Crippen LogP contribution in [0, 0.1) is 0 Å². The molecule has 0 aliphatic heterocycles. The maximum absolute atomic E-state index is 6.54. The van der Waals surface area contributed by atoms with Gasteiger partial charge in [0.25, 0.3) is 0 Å². The molecule has 0 radical (unpaired) electrons. The van der Waals surface area contributed by atoms with Crippen molar-refractivity contribution in [2.75, 3.05) is 0 Å². The smallest absolute Gasteiger partial charge is 0.147 e. The molecule has 0 spiro atoms. The van der Waals surface area contributed by atoms with Gasteiger partial charge < -0.3 is 9.40 Å². The number of hydrogen-bond acceptors (Lipinski definition) is 3. The molecule has 0 aliphatic carbocycles. The zero-order valence-electron chi connectivity index (χ0n) is 30.8. The van der Waals surface area contributed by atoms with Gasteiger partial charge in [-0.1, -0.05) is 112 Å². The van der Waals surface area contributed by atoms with Crippen molar-refractivity contribution in [2.24, 2.45) is 0 Å². The number of aromatic amines is 1. The Labute approximate surface area is 317 Å². The van der Waals surface area contributed by atoms with Crippen LogP contribution in [-0.4, -0.2) is 19.5 Å². The van der Waals surface area contributed by atoms with Crippen LogP contribution in [0.4, 0.5) is 0 Å². The first-order valence-electron chi connectivity index (χ1n) is 18.8. The molecule has 0 amide bonds. The van der Waals surface area contributed by atoms with Gasteiger partial charge in [0.2, 0.25) is 0 Å². The van der Waals surface area contributed by atoms with Crippen LogP contribution in [0.1, 0.15) is 26.3 Å². The lowest BCUT2D eigenvalue weighted by Gasteiger charge is -2.21. The highest BCUT2D eigenvalue weighted by molar-refractivity contribution is 6.14. The molecule has 5 heteroatoms. The van der Waals surface area contributed by atoms with Crippen LogP contribution < -0.4 is 0 Å². The summed E-state index contributed by atoms with van der Waals surface area (Å²) in [4.78, 5) is 14.3. The second-order valence-electron chi connectivity index (χ2n) is 15.5. The first-order valence-corrected chi connectivity index (χ1v) is 18.8. The molecule has 55 heavy (non-hydrogen) atoms. The van der Waals surface area contributed by atoms with Crippen LogP contribution in [0.2, 0.25) is 0 Å². The van der Waals surface area contributed by atoms with Crippen LogP contribution >= 0.6 is 0 Å². The SMILES string of the molecule is CC(C)(C)c1cc(-c2nc3c(-c4cc(-c5ccccn5)c5oc6ccccc6c5c4)cccc3n2-c2cccc3ccccc23)c2[nH]c3ccccc3c2c1. The van der Waals surface area contributed by atoms with Crippen molar-refractivity contribution >= 4 is 65.6 Å². The molecule has 0 bridgehead atoms. The van der Waals surface area contributed by atoms with Gasteiger partial charge in [-0.05, 0) is 82.6 Å². The van der Waals surface area contributed by atoms with E-state index in [1.807, 2.05) is 36.5 Å². The molecule has 0 aliphatic rings. The van der Waals surface area contributed by atoms with Gasteiger partial charge in [0, 0.05) is 55.3 Å². The molecule has 11 aromatic rings. The van der Waals surface area contributed by atoms with Gasteiger partial charge in [-0.2, -0.15) is 0 Å². The number of aromatic nitrogens is 4. The third kappa shape index (κ3) is 4.86. The fraction of sp³-hybridized carbons (Fsp3) is 0.0800. The molecular formula is C50H36N4O. The number of nitrogens with zero attached hydrogens (tertiary/aromatic N) is 3. The van der Waals surface area contributed by atoms with Gasteiger partial charge in [-0.25, -0.2) is 4.98 Å². The summed E-state index contributed by atoms with van der Waals surface area (Å²) in [5.74, 6) is 0.890. The Morgan fingerprint density at radius 1 is 0.600 bits per heavy atom. The first kappa shape index (κ1) is 31.5. The van der Waals surface area contributed by atoms with E-state index in [1.165, 1.54) is 27.1 Å². The quantitative estimate of drug-likeness (QED) is 0.198. The van der Waals surface area contributed by atoms with Crippen LogP contribution in [0.15, 0.2) is 162 Å². The third-order valence-corrected chi connectivity index (χ3v) is 11.1. The predicted octanol–water partition coefficient (Wildman–Crippen LogP) is 13.4. The average molecular weight is 709 g/mol. The molecule has 0 saturated carbocycles. The molecule has 4 aromatic heterocycles. The van der Waals surface area contributed by atoms with E-state index in [-0.39, 0.29) is 5.41 Å². The van der Waals surface area contributed by atoms with Gasteiger partial charge in [0.05, 0.1) is 27.9 Å². The lowest BCUT2D eigenvalue weighted by Crippen LogP contribution is -2.11. The molecule has 5 nitrogen and oxygen atoms in total. The topological polar surface area (TPSA) is 59.6 Å². The molecule has 0 saturated heterocycles. The van der Waals surface area contributed by atoms with Crippen molar-refractivity contribution in [3.8, 4) is 39.5 Å². The Kier molecular flexibility index (Phi) is 6.74. The fourth-order valence-electron chi connectivity index (χ4n) is 8.42. The maximum atomic E-state index is 6.54. The highest BCUT2D eigenvalue weighted by atomic mass is 16.3. The number of furan rings is 1. The largest absolute Gasteiger partial charge is 0.455 e. The van der Waals surface area contributed by atoms with E-state index in [2.05, 4.69) is 152 Å². The van der Waals surface area contributed by atoms with E-state index in [4.69, 9.17) is 14.4 Å². The van der Waals surface area contributed by atoms with E-state index in [0.717, 1.165) is 83.5 Å². The molecule has 4 heterocycles. The molecular weight excluding hydrogens is 673 g/mol. The lowest BCUT2D eigenvalue weighted by molar-refractivity contribution is 0.591. The molecule has 0 fully saturated rings. The summed E-state index contributed by atoms with van der Waals surface area (Å²) >= 11 is 0. The number of rotatable bonds is 4. The predicted molar refractivity (Wildman–Crippen MR) is 228 cm³/mol. The van der Waals surface area contributed by atoms with E-state index >= 15 is 0 Å². The van der Waals surface area contributed by atoms with E-state index in [0.29, 0.717) is 0 Å². The number of nitrogens with one attached hydrogen (secondary N) is 1. The van der Waals surface area contributed by atoms with Crippen LogP contribution in [0.25, 0.3) is 105 Å². The number of hydrogen-bond donors (Lipinski definition) is 1. The van der Waals surface area contributed by atoms with E-state index in [1.54, 1.807) is 0 Å². The summed E-state index contributed by atoms with van der Waals surface area (Å²) in [5, 5.41) is 6.89. The number of pyridine rings is 1. The average Bonchev–Trinajstić information content (AvgIpc) is 3.91. The Balaban J connectivity index is 1.27. The van der Waals surface area contributed by atoms with Crippen molar-refractivity contribution in [1.82, 2.24) is 19.5 Å². The summed E-state index contributed by atoms with van der Waals surface area (Å²) in [7, 11) is 0. The summed E-state index contributed by atoms with van der Waals surface area (Å²) in [6.07, 6.45) is 1.84. The van der Waals surface area contributed by atoms with Crippen molar-refractivity contribution in [2.45, 2.75) is 26.2 Å². The normalized spacial score (nSPS) is 12.3. The Morgan fingerprint density at radius 3 is 2.22 bits per heavy atom. The van der Waals surface area contributed by atoms with E-state index in [9.17, 15) is 0 Å². The Bertz CT molecular complexity index is 3300. The highest BCUT2D eigenvalue weighted by Crippen LogP contribution is 2.44. The molecule has 262 valence electrons. The monoisotopic (exact) mass is 708 g/mol. The maximum Gasteiger partial charge on any atom is 0.147 e. The van der Waals surface area contributed by atoms with Gasteiger partial charge in [0.1, 0.15) is 17.0 Å². The second kappa shape index (κ2) is 11.8. The third-order valence-electron chi connectivity index (χ3n) is 11.1. The minimum absolute atomic E-state index is 0.0899. The molecule has 7 aromatic carbocycles. The molecule has 0 atom stereocenters. The standard InChI is InChI=1S/C50H36N4O/c1-50(2,3)32-28-37-35-17-6-8-21-42(35)52-46(37)40(29-32)49-53-47-34(19-13-23-44(47)54(49)43-22-12-15-30-14-4-5-16-33(30)43)31-26-38-36-18-7-9-24-45(36)55-48(38)39(27-31)41-20-10-11-25-51-41/h4-29,52H,1-3H3. The Hall–Kier alpha value is -6.98. The van der Waals surface area contributed by atoms with Crippen molar-refractivity contribution in [1.29, 1.82) is 0 Å². The van der Waals surface area contributed by atoms with Crippen molar-refractivity contribution in [3.05, 3.63) is 163 Å². The van der Waals surface area contributed by atoms with Crippen molar-refractivity contribution < 1.29 is 4.42 Å². The second-order valence-corrected chi connectivity index (χ2v) is 15.5. The number of H-pyrrole nitrogens is 1. The highest BCUT2D eigenvalue weighted by Gasteiger charge is 2.25. The molecule has 1 N–H and O–H groups in total. The number of imidazole rings is 1. The lowest BCUT2D eigenvalue weighted by atomic mass is 9.85. The van der Waals surface area contributed by atoms with Gasteiger partial charge in [-0.15, -0.1) is 0 Å². The van der Waals surface area contributed by atoms with Crippen molar-refractivity contribution in [3.63, 3.8) is 0 Å².